The van der Waals surface area contributed by atoms with Gasteiger partial charge in [-0.15, -0.1) is 22.7 Å². The summed E-state index contributed by atoms with van der Waals surface area (Å²) in [4.78, 5) is 92.6. The highest BCUT2D eigenvalue weighted by atomic mass is 32.1. The van der Waals surface area contributed by atoms with Crippen LogP contribution in [-0.4, -0.2) is 116 Å². The van der Waals surface area contributed by atoms with Gasteiger partial charge >= 0.3 is 18.2 Å². The number of aromatic nitrogens is 4. The number of hydrogen-bond acceptors (Lipinski definition) is 13. The van der Waals surface area contributed by atoms with Gasteiger partial charge in [0.05, 0.1) is 62.1 Å². The van der Waals surface area contributed by atoms with E-state index < -0.39 is 30.3 Å². The lowest BCUT2D eigenvalue weighted by Crippen LogP contribution is -2.52. The van der Waals surface area contributed by atoms with Gasteiger partial charge in [-0.25, -0.2) is 24.4 Å². The molecule has 73 heavy (non-hydrogen) atoms. The number of H-pyrrole nitrogens is 2. The first-order valence-electron chi connectivity index (χ1n) is 24.0. The number of ether oxygens (including phenoxy) is 4. The molecule has 2 fully saturated rings. The zero-order chi connectivity index (χ0) is 50.5. The molecule has 0 bridgehead atoms. The first kappa shape index (κ1) is 47.4. The maximum atomic E-state index is 14.4. The zero-order valence-corrected chi connectivity index (χ0v) is 42.0. The van der Waals surface area contributed by atoms with Gasteiger partial charge in [0, 0.05) is 33.9 Å². The highest BCUT2D eigenvalue weighted by Crippen LogP contribution is 2.43. The van der Waals surface area contributed by atoms with E-state index in [1.165, 1.54) is 14.2 Å². The number of fused-ring (bicyclic) bond motifs is 3. The second-order valence-electron chi connectivity index (χ2n) is 18.7. The van der Waals surface area contributed by atoms with Crippen LogP contribution in [0, 0.1) is 5.92 Å². The Kier molecular flexibility index (Phi) is 12.7. The Labute approximate surface area is 427 Å². The number of nitrogens with zero attached hydrogens (tertiary/aromatic N) is 6. The fourth-order valence-corrected chi connectivity index (χ4v) is 12.4. The summed E-state index contributed by atoms with van der Waals surface area (Å²) in [7, 11) is 2.53. The molecule has 4 aromatic heterocycles. The van der Waals surface area contributed by atoms with Gasteiger partial charge < -0.3 is 59.1 Å². The van der Waals surface area contributed by atoms with E-state index in [0.29, 0.717) is 48.3 Å². The third-order valence-electron chi connectivity index (χ3n) is 13.9. The lowest BCUT2D eigenvalue weighted by molar-refractivity contribution is -0.136. The third kappa shape index (κ3) is 9.18. The monoisotopic (exact) mass is 1020 g/mol. The number of carbonyl (C=O) groups excluding carboxylic acids is 5. The van der Waals surface area contributed by atoms with E-state index in [0.717, 1.165) is 65.6 Å². The van der Waals surface area contributed by atoms with Gasteiger partial charge in [-0.3, -0.25) is 9.59 Å². The molecule has 8 heterocycles. The van der Waals surface area contributed by atoms with Crippen molar-refractivity contribution in [2.45, 2.75) is 63.9 Å². The van der Waals surface area contributed by atoms with Crippen LogP contribution in [0.15, 0.2) is 91.3 Å². The molecule has 0 spiro atoms. The number of rotatable bonds is 11. The fourth-order valence-electron chi connectivity index (χ4n) is 10.0. The van der Waals surface area contributed by atoms with Crippen molar-refractivity contribution in [1.29, 1.82) is 0 Å². The maximum Gasteiger partial charge on any atom is 0.407 e. The van der Waals surface area contributed by atoms with E-state index in [-0.39, 0.29) is 49.8 Å². The van der Waals surface area contributed by atoms with Gasteiger partial charge in [0.15, 0.2) is 11.5 Å². The summed E-state index contributed by atoms with van der Waals surface area (Å²) in [6.07, 6.45) is 3.69. The molecule has 4 aliphatic rings. The maximum absolute atomic E-state index is 14.4. The number of aromatic amines is 2. The lowest BCUT2D eigenvalue weighted by Gasteiger charge is -2.29. The van der Waals surface area contributed by atoms with E-state index in [1.807, 2.05) is 56.3 Å². The Hall–Kier alpha value is -7.91. The molecule has 4 N–H and O–H groups in total. The van der Waals surface area contributed by atoms with Crippen LogP contribution in [0.5, 0.6) is 11.5 Å². The Morgan fingerprint density at radius 2 is 1.33 bits per heavy atom. The van der Waals surface area contributed by atoms with Crippen molar-refractivity contribution >= 4 is 62.1 Å². The molecule has 21 heteroatoms. The Balaban J connectivity index is 0.781. The van der Waals surface area contributed by atoms with Gasteiger partial charge in [0.1, 0.15) is 29.8 Å². The van der Waals surface area contributed by atoms with Crippen molar-refractivity contribution in [3.8, 4) is 43.8 Å². The Bertz CT molecular complexity index is 3180. The van der Waals surface area contributed by atoms with Crippen LogP contribution >= 0.6 is 22.7 Å². The summed E-state index contributed by atoms with van der Waals surface area (Å²) >= 11 is 3.32. The van der Waals surface area contributed by atoms with Crippen molar-refractivity contribution in [1.82, 2.24) is 50.2 Å². The van der Waals surface area contributed by atoms with E-state index >= 15 is 0 Å². The van der Waals surface area contributed by atoms with Gasteiger partial charge in [-0.2, -0.15) is 0 Å². The molecule has 6 amide bonds. The molecule has 4 aliphatic heterocycles. The predicted octanol–water partition coefficient (Wildman–Crippen LogP) is 8.56. The van der Waals surface area contributed by atoms with Crippen molar-refractivity contribution in [2.24, 2.45) is 5.92 Å². The highest BCUT2D eigenvalue weighted by molar-refractivity contribution is 7.31. The molecular formula is C52H52N10O9S2. The molecular weight excluding hydrogens is 973 g/mol. The smallest absolute Gasteiger partial charge is 0.407 e. The molecule has 2 unspecified atom stereocenters. The molecule has 19 nitrogen and oxygen atoms in total. The number of alkyl carbamates (subject to hydrolysis) is 2. The molecule has 2 saturated heterocycles. The summed E-state index contributed by atoms with van der Waals surface area (Å²) in [6.45, 7) is 5.36. The molecule has 0 radical (unpaired) electrons. The first-order chi connectivity index (χ1) is 35.4. The average molecular weight is 1030 g/mol. The SMILES string of the molecule is COC(=O)NC(C(=O)N1CCC[C@H]1c1ncc(-c2ccc(-c3cc4sc(-c5cnc(C6CN(C(=O)N7Cc8cc9c(cc8C7)OCO9)CN6C(=O)[C@@H](NC(=O)OC)C(C)C)[nH]5)cc4s3)cc2)[nH]1)c1ccccc1. The predicted molar refractivity (Wildman–Crippen MR) is 271 cm³/mol. The number of methoxy groups -OCH3 is 2. The van der Waals surface area contributed by atoms with Crippen LogP contribution in [0.25, 0.3) is 41.7 Å². The normalized spacial score (nSPS) is 17.8. The van der Waals surface area contributed by atoms with Crippen LogP contribution < -0.4 is 20.1 Å². The fraction of sp³-hybridized carbons (Fsp3) is 0.327. The quantitative estimate of drug-likeness (QED) is 0.0963. The lowest BCUT2D eigenvalue weighted by atomic mass is 10.0. The van der Waals surface area contributed by atoms with Crippen LogP contribution in [0.3, 0.4) is 0 Å². The van der Waals surface area contributed by atoms with Crippen molar-refractivity contribution in [3.63, 3.8) is 0 Å². The van der Waals surface area contributed by atoms with E-state index in [2.05, 4.69) is 57.0 Å². The number of urea groups is 1. The summed E-state index contributed by atoms with van der Waals surface area (Å²) in [5.74, 6) is 1.68. The topological polar surface area (TPSA) is 217 Å². The van der Waals surface area contributed by atoms with E-state index in [9.17, 15) is 24.0 Å². The zero-order valence-electron chi connectivity index (χ0n) is 40.4. The number of nitrogens with one attached hydrogen (secondary N) is 4. The Morgan fingerprint density at radius 1 is 0.712 bits per heavy atom. The van der Waals surface area contributed by atoms with Crippen LogP contribution in [0.4, 0.5) is 14.4 Å². The molecule has 376 valence electrons. The summed E-state index contributed by atoms with van der Waals surface area (Å²) in [6, 6.07) is 22.7. The molecule has 0 aliphatic carbocycles. The number of thiophene rings is 2. The number of benzene rings is 3. The minimum atomic E-state index is -0.906. The van der Waals surface area contributed by atoms with Gasteiger partial charge in [0.2, 0.25) is 12.7 Å². The van der Waals surface area contributed by atoms with Gasteiger partial charge in [-0.1, -0.05) is 68.4 Å². The number of imidazole rings is 2. The second-order valence-corrected chi connectivity index (χ2v) is 20.9. The minimum absolute atomic E-state index is 0.00231. The number of likely N-dealkylation sites (tertiary alicyclic amines) is 1. The van der Waals surface area contributed by atoms with Crippen molar-refractivity contribution in [3.05, 3.63) is 120 Å². The molecule has 4 atom stereocenters. The standard InChI is InChI=1S/C52H52N10O9S2/c1-28(2)44(57-50(65)68-3)48(63)62-26-60(52(67)59-23-32-17-38-39(71-27-70-38)18-33(32)24-59)25-37(62)47-54-22-35(56-47)41-20-43-42(73-41)19-40(72-43)30-14-12-29(13-15-30)34-21-53-46(55-34)36-11-8-16-61(36)49(64)45(58-51(66)69-4)31-9-6-5-7-10-31/h5-7,9-10,12-15,17-22,28,36-37,44-45H,8,11,16,23-27H2,1-4H3,(H,53,55)(H,54,56)(H,57,65)(H,58,66)/t36-,37?,44-,45?/m0/s1. The molecule has 7 aromatic rings. The number of amides is 6. The van der Waals surface area contributed by atoms with Gasteiger partial charge in [0.25, 0.3) is 5.91 Å². The minimum Gasteiger partial charge on any atom is -0.454 e. The number of hydrogen-bond donors (Lipinski definition) is 4. The summed E-state index contributed by atoms with van der Waals surface area (Å²) in [5.41, 5.74) is 6.26. The van der Waals surface area contributed by atoms with Gasteiger partial charge in [-0.05, 0) is 70.8 Å². The van der Waals surface area contributed by atoms with Crippen molar-refractivity contribution < 1.29 is 42.9 Å². The third-order valence-corrected chi connectivity index (χ3v) is 16.2. The van der Waals surface area contributed by atoms with E-state index in [4.69, 9.17) is 28.9 Å². The Morgan fingerprint density at radius 3 is 2.01 bits per heavy atom. The first-order valence-corrected chi connectivity index (χ1v) is 25.6. The van der Waals surface area contributed by atoms with Crippen LogP contribution in [-0.2, 0) is 32.2 Å². The molecule has 11 rings (SSSR count). The molecule has 3 aromatic carbocycles. The summed E-state index contributed by atoms with van der Waals surface area (Å²) in [5, 5.41) is 5.42. The average Bonchev–Trinajstić information content (AvgIpc) is 4.26. The van der Waals surface area contributed by atoms with Crippen molar-refractivity contribution in [2.75, 3.05) is 40.8 Å². The molecule has 0 saturated carbocycles. The highest BCUT2D eigenvalue weighted by Gasteiger charge is 2.44. The second kappa shape index (κ2) is 19.6. The summed E-state index contributed by atoms with van der Waals surface area (Å²) < 4.78 is 23.1. The van der Waals surface area contributed by atoms with Crippen LogP contribution in [0.2, 0.25) is 0 Å². The van der Waals surface area contributed by atoms with Crippen LogP contribution in [0.1, 0.15) is 73.2 Å². The largest absolute Gasteiger partial charge is 0.454 e. The van der Waals surface area contributed by atoms with E-state index in [1.54, 1.807) is 54.7 Å². The number of carbonyl (C=O) groups is 5.